The highest BCUT2D eigenvalue weighted by molar-refractivity contribution is 5.85. The number of nitrogens with two attached hydrogens (primary N) is 1. The summed E-state index contributed by atoms with van der Waals surface area (Å²) in [6.07, 6.45) is -0.284. The van der Waals surface area contributed by atoms with Crippen molar-refractivity contribution in [2.75, 3.05) is 6.61 Å². The van der Waals surface area contributed by atoms with Crippen LogP contribution in [-0.4, -0.2) is 36.3 Å². The second-order valence-electron chi connectivity index (χ2n) is 2.85. The van der Waals surface area contributed by atoms with Crippen LogP contribution in [-0.2, 0) is 9.47 Å². The minimum absolute atomic E-state index is 0. The van der Waals surface area contributed by atoms with Gasteiger partial charge in [-0.3, -0.25) is 0 Å². The maximum atomic E-state index is 9.29. The summed E-state index contributed by atoms with van der Waals surface area (Å²) in [4.78, 5) is 0. The molecule has 0 aromatic heterocycles. The van der Waals surface area contributed by atoms with Gasteiger partial charge in [-0.15, -0.1) is 12.4 Å². The molecule has 2 bridgehead atoms. The Labute approximate surface area is 71.1 Å². The van der Waals surface area contributed by atoms with E-state index in [0.717, 1.165) is 0 Å². The molecule has 0 radical (unpaired) electrons. The number of fused-ring (bicyclic) bond motifs is 2. The zero-order valence-electron chi connectivity index (χ0n) is 5.97. The molecular weight excluding hydrogens is 170 g/mol. The first-order valence-corrected chi connectivity index (χ1v) is 3.48. The van der Waals surface area contributed by atoms with E-state index in [1.807, 2.05) is 0 Å². The van der Waals surface area contributed by atoms with Crippen molar-refractivity contribution >= 4 is 12.4 Å². The van der Waals surface area contributed by atoms with Gasteiger partial charge in [0, 0.05) is 6.04 Å². The van der Waals surface area contributed by atoms with Crippen LogP contribution in [0, 0.1) is 0 Å². The fourth-order valence-electron chi connectivity index (χ4n) is 1.42. The van der Waals surface area contributed by atoms with Crippen molar-refractivity contribution in [2.45, 2.75) is 31.0 Å². The average Bonchev–Trinajstić information content (AvgIpc) is 2.29. The third kappa shape index (κ3) is 1.50. The molecule has 2 rings (SSSR count). The highest BCUT2D eigenvalue weighted by Gasteiger charge is 2.41. The minimum Gasteiger partial charge on any atom is -0.386 e. The van der Waals surface area contributed by atoms with Crippen LogP contribution in [0.25, 0.3) is 0 Å². The Hall–Kier alpha value is 0.130. The van der Waals surface area contributed by atoms with Crippen LogP contribution in [0.3, 0.4) is 0 Å². The number of halogens is 1. The quantitative estimate of drug-likeness (QED) is 0.516. The molecule has 2 saturated heterocycles. The predicted octanol–water partition coefficient (Wildman–Crippen LogP) is -0.758. The Morgan fingerprint density at radius 1 is 1.45 bits per heavy atom. The molecule has 0 saturated carbocycles. The van der Waals surface area contributed by atoms with Crippen LogP contribution < -0.4 is 5.73 Å². The van der Waals surface area contributed by atoms with Gasteiger partial charge in [-0.1, -0.05) is 0 Å². The molecule has 0 aromatic rings. The van der Waals surface area contributed by atoms with Gasteiger partial charge in [0.1, 0.15) is 6.10 Å². The molecular formula is C6H12ClNO3. The molecule has 66 valence electrons. The first-order chi connectivity index (χ1) is 4.77. The summed E-state index contributed by atoms with van der Waals surface area (Å²) in [7, 11) is 0. The zero-order chi connectivity index (χ0) is 7.14. The highest BCUT2D eigenvalue weighted by atomic mass is 35.5. The Kier molecular flexibility index (Phi) is 2.72. The fourth-order valence-corrected chi connectivity index (χ4v) is 1.42. The molecule has 4 nitrogen and oxygen atoms in total. The molecule has 2 fully saturated rings. The molecule has 5 heteroatoms. The van der Waals surface area contributed by atoms with Gasteiger partial charge < -0.3 is 20.3 Å². The van der Waals surface area contributed by atoms with Crippen molar-refractivity contribution in [2.24, 2.45) is 5.73 Å². The minimum atomic E-state index is -0.640. The molecule has 0 spiro atoms. The summed E-state index contributed by atoms with van der Waals surface area (Å²) >= 11 is 0. The summed E-state index contributed by atoms with van der Waals surface area (Å²) in [6, 6.07) is -0.175. The van der Waals surface area contributed by atoms with Gasteiger partial charge in [-0.2, -0.15) is 0 Å². The number of hydrogen-bond acceptors (Lipinski definition) is 4. The second-order valence-corrected chi connectivity index (χ2v) is 2.85. The van der Waals surface area contributed by atoms with E-state index in [0.29, 0.717) is 13.0 Å². The first kappa shape index (κ1) is 9.22. The van der Waals surface area contributed by atoms with E-state index in [9.17, 15) is 5.11 Å². The molecule has 0 aliphatic carbocycles. The molecule has 2 heterocycles. The molecule has 0 amide bonds. The summed E-state index contributed by atoms with van der Waals surface area (Å²) in [5, 5.41) is 9.29. The number of rotatable bonds is 0. The summed E-state index contributed by atoms with van der Waals surface area (Å²) in [5.74, 6) is 0. The van der Waals surface area contributed by atoms with Crippen LogP contribution in [0.4, 0.5) is 0 Å². The number of ether oxygens (including phenoxy) is 2. The predicted molar refractivity (Wildman–Crippen MR) is 40.5 cm³/mol. The molecule has 2 aliphatic heterocycles. The lowest BCUT2D eigenvalue weighted by atomic mass is 10.0. The van der Waals surface area contributed by atoms with E-state index < -0.39 is 12.4 Å². The topological polar surface area (TPSA) is 64.7 Å². The SMILES string of the molecule is Cl.N[C@H]1C[C@H]2CO[C@H](O2)[C@H]1O. The third-order valence-corrected chi connectivity index (χ3v) is 2.03. The highest BCUT2D eigenvalue weighted by Crippen LogP contribution is 2.25. The van der Waals surface area contributed by atoms with Gasteiger partial charge in [0.05, 0.1) is 12.7 Å². The second kappa shape index (κ2) is 3.25. The van der Waals surface area contributed by atoms with Crippen molar-refractivity contribution in [3.63, 3.8) is 0 Å². The van der Waals surface area contributed by atoms with Crippen LogP contribution in [0.2, 0.25) is 0 Å². The van der Waals surface area contributed by atoms with E-state index in [-0.39, 0.29) is 24.6 Å². The van der Waals surface area contributed by atoms with Crippen molar-refractivity contribution in [1.82, 2.24) is 0 Å². The van der Waals surface area contributed by atoms with E-state index in [1.54, 1.807) is 0 Å². The molecule has 0 unspecified atom stereocenters. The maximum absolute atomic E-state index is 9.29. The molecule has 11 heavy (non-hydrogen) atoms. The Morgan fingerprint density at radius 3 is 2.91 bits per heavy atom. The Bertz CT molecular complexity index is 146. The monoisotopic (exact) mass is 181 g/mol. The van der Waals surface area contributed by atoms with Gasteiger partial charge in [0.15, 0.2) is 6.29 Å². The smallest absolute Gasteiger partial charge is 0.185 e. The van der Waals surface area contributed by atoms with Gasteiger partial charge in [-0.05, 0) is 6.42 Å². The van der Waals surface area contributed by atoms with Crippen LogP contribution in [0.15, 0.2) is 0 Å². The fraction of sp³-hybridized carbons (Fsp3) is 1.00. The standard InChI is InChI=1S/C6H11NO3.ClH/c7-4-1-3-2-9-6(10-3)5(4)8;/h3-6,8H,1-2,7H2;1H/t3-,4-,5-,6+;/m0./s1. The molecule has 2 aliphatic rings. The zero-order valence-corrected chi connectivity index (χ0v) is 6.79. The van der Waals surface area contributed by atoms with E-state index >= 15 is 0 Å². The van der Waals surface area contributed by atoms with E-state index in [4.69, 9.17) is 15.2 Å². The van der Waals surface area contributed by atoms with Crippen molar-refractivity contribution in [3.8, 4) is 0 Å². The number of aliphatic hydroxyl groups excluding tert-OH is 1. The van der Waals surface area contributed by atoms with Crippen LogP contribution >= 0.6 is 12.4 Å². The van der Waals surface area contributed by atoms with E-state index in [1.165, 1.54) is 0 Å². The lowest BCUT2D eigenvalue weighted by Gasteiger charge is -2.28. The van der Waals surface area contributed by atoms with E-state index in [2.05, 4.69) is 0 Å². The van der Waals surface area contributed by atoms with Crippen LogP contribution in [0.5, 0.6) is 0 Å². The lowest BCUT2D eigenvalue weighted by molar-refractivity contribution is -0.159. The van der Waals surface area contributed by atoms with Crippen LogP contribution in [0.1, 0.15) is 6.42 Å². The van der Waals surface area contributed by atoms with Gasteiger partial charge >= 0.3 is 0 Å². The van der Waals surface area contributed by atoms with Crippen molar-refractivity contribution < 1.29 is 14.6 Å². The van der Waals surface area contributed by atoms with Gasteiger partial charge in [-0.25, -0.2) is 0 Å². The van der Waals surface area contributed by atoms with Gasteiger partial charge in [0.2, 0.25) is 0 Å². The lowest BCUT2D eigenvalue weighted by Crippen LogP contribution is -2.48. The summed E-state index contributed by atoms with van der Waals surface area (Å²) in [6.45, 7) is 0.579. The molecule has 4 atom stereocenters. The largest absolute Gasteiger partial charge is 0.386 e. The Balaban J connectivity index is 0.000000605. The molecule has 3 N–H and O–H groups in total. The summed E-state index contributed by atoms with van der Waals surface area (Å²) < 4.78 is 10.3. The van der Waals surface area contributed by atoms with Crippen molar-refractivity contribution in [3.05, 3.63) is 0 Å². The Morgan fingerprint density at radius 2 is 2.18 bits per heavy atom. The van der Waals surface area contributed by atoms with Crippen molar-refractivity contribution in [1.29, 1.82) is 0 Å². The third-order valence-electron chi connectivity index (χ3n) is 2.03. The maximum Gasteiger partial charge on any atom is 0.185 e. The average molecular weight is 182 g/mol. The summed E-state index contributed by atoms with van der Waals surface area (Å²) in [5.41, 5.74) is 5.59. The van der Waals surface area contributed by atoms with Gasteiger partial charge in [0.25, 0.3) is 0 Å². The first-order valence-electron chi connectivity index (χ1n) is 3.48. The molecule has 0 aromatic carbocycles. The number of hydrogen-bond donors (Lipinski definition) is 2. The normalized spacial score (nSPS) is 48.5. The number of aliphatic hydroxyl groups is 1.